The molecule has 0 unspecified atom stereocenters. The van der Waals surface area contributed by atoms with E-state index in [0.29, 0.717) is 11.3 Å². The number of carbonyl (C=O) groups excluding carboxylic acids is 2. The van der Waals surface area contributed by atoms with Crippen LogP contribution in [-0.4, -0.2) is 28.6 Å². The van der Waals surface area contributed by atoms with Crippen LogP contribution in [0.3, 0.4) is 0 Å². The summed E-state index contributed by atoms with van der Waals surface area (Å²) in [5.41, 5.74) is 3.19. The number of nitrogens with zero attached hydrogens (tertiary/aromatic N) is 2. The van der Waals surface area contributed by atoms with E-state index in [2.05, 4.69) is 20.8 Å². The number of amides is 2. The van der Waals surface area contributed by atoms with Gasteiger partial charge >= 0.3 is 0 Å². The molecular weight excluding hydrogens is 444 g/mol. The number of fused-ring (bicyclic) bond motifs is 1. The number of anilines is 1. The van der Waals surface area contributed by atoms with Crippen LogP contribution in [-0.2, 0) is 17.0 Å². The summed E-state index contributed by atoms with van der Waals surface area (Å²) in [6.07, 6.45) is 0.803. The van der Waals surface area contributed by atoms with Crippen molar-refractivity contribution in [1.82, 2.24) is 15.5 Å². The third-order valence-corrected chi connectivity index (χ3v) is 6.83. The summed E-state index contributed by atoms with van der Waals surface area (Å²) in [4.78, 5) is 25.3. The van der Waals surface area contributed by atoms with E-state index in [-0.39, 0.29) is 18.2 Å². The van der Waals surface area contributed by atoms with E-state index in [0.717, 1.165) is 38.0 Å². The first-order chi connectivity index (χ1) is 15.5. The second-order valence-electron chi connectivity index (χ2n) is 7.02. The van der Waals surface area contributed by atoms with Gasteiger partial charge in [0.25, 0.3) is 5.91 Å². The van der Waals surface area contributed by atoms with Crippen LogP contribution in [0, 0.1) is 6.92 Å². The van der Waals surface area contributed by atoms with Gasteiger partial charge in [-0.1, -0.05) is 66.4 Å². The molecule has 2 N–H and O–H groups in total. The van der Waals surface area contributed by atoms with Crippen LogP contribution in [0.2, 0.25) is 0 Å². The van der Waals surface area contributed by atoms with Crippen LogP contribution >= 0.6 is 23.1 Å². The van der Waals surface area contributed by atoms with E-state index in [4.69, 9.17) is 4.42 Å². The Morgan fingerprint density at radius 2 is 1.88 bits per heavy atom. The lowest BCUT2D eigenvalue weighted by Gasteiger charge is -2.10. The lowest BCUT2D eigenvalue weighted by molar-refractivity contribution is -0.115. The topological polar surface area (TPSA) is 97.1 Å². The normalized spacial score (nSPS) is 10.9. The molecule has 2 heterocycles. The van der Waals surface area contributed by atoms with Gasteiger partial charge in [0, 0.05) is 22.4 Å². The summed E-state index contributed by atoms with van der Waals surface area (Å²) in [6, 6.07) is 15.1. The molecule has 9 heteroatoms. The minimum atomic E-state index is -0.427. The smallest absolute Gasteiger partial charge is 0.287 e. The number of carbonyl (C=O) groups is 2. The Bertz CT molecular complexity index is 1270. The molecule has 0 aliphatic carbocycles. The molecule has 4 rings (SSSR count). The molecule has 7 nitrogen and oxygen atoms in total. The number of hydrogen-bond acceptors (Lipinski definition) is 7. The second-order valence-corrected chi connectivity index (χ2v) is 9.43. The predicted molar refractivity (Wildman–Crippen MR) is 127 cm³/mol. The SMILES string of the molecule is CCc1ccccc1NC(=O)CNC(=O)c1oc2ccccc2c1CSc1nnc(C)s1. The van der Waals surface area contributed by atoms with Gasteiger partial charge in [-0.15, -0.1) is 10.2 Å². The van der Waals surface area contributed by atoms with Gasteiger partial charge in [0.1, 0.15) is 10.6 Å². The van der Waals surface area contributed by atoms with E-state index in [9.17, 15) is 9.59 Å². The molecule has 2 aromatic heterocycles. The maximum Gasteiger partial charge on any atom is 0.287 e. The van der Waals surface area contributed by atoms with Crippen LogP contribution < -0.4 is 10.6 Å². The molecule has 2 amide bonds. The van der Waals surface area contributed by atoms with Crippen molar-refractivity contribution in [2.45, 2.75) is 30.4 Å². The first-order valence-electron chi connectivity index (χ1n) is 10.1. The molecule has 2 aromatic carbocycles. The average Bonchev–Trinajstić information content (AvgIpc) is 3.39. The number of aryl methyl sites for hydroxylation is 2. The fourth-order valence-electron chi connectivity index (χ4n) is 3.28. The molecule has 32 heavy (non-hydrogen) atoms. The maximum absolute atomic E-state index is 12.9. The number of aromatic nitrogens is 2. The van der Waals surface area contributed by atoms with Crippen molar-refractivity contribution in [3.63, 3.8) is 0 Å². The summed E-state index contributed by atoms with van der Waals surface area (Å²) < 4.78 is 6.68. The zero-order valence-corrected chi connectivity index (χ0v) is 19.3. The average molecular weight is 467 g/mol. The highest BCUT2D eigenvalue weighted by Crippen LogP contribution is 2.33. The van der Waals surface area contributed by atoms with Crippen LogP contribution in [0.1, 0.15) is 33.6 Å². The molecule has 0 radical (unpaired) electrons. The number of furan rings is 1. The summed E-state index contributed by atoms with van der Waals surface area (Å²) in [5.74, 6) is -0.00807. The molecule has 0 bridgehead atoms. The van der Waals surface area contributed by atoms with E-state index in [1.807, 2.05) is 62.4 Å². The van der Waals surface area contributed by atoms with E-state index in [1.54, 1.807) is 0 Å². The Morgan fingerprint density at radius 3 is 2.66 bits per heavy atom. The molecule has 4 aromatic rings. The highest BCUT2D eigenvalue weighted by Gasteiger charge is 2.21. The number of thioether (sulfide) groups is 1. The van der Waals surface area contributed by atoms with Gasteiger partial charge in [-0.05, 0) is 31.0 Å². The predicted octanol–water partition coefficient (Wildman–Crippen LogP) is 4.82. The largest absolute Gasteiger partial charge is 0.451 e. The van der Waals surface area contributed by atoms with E-state index < -0.39 is 5.91 Å². The van der Waals surface area contributed by atoms with Gasteiger partial charge in [0.05, 0.1) is 6.54 Å². The summed E-state index contributed by atoms with van der Waals surface area (Å²) >= 11 is 3.01. The molecule has 0 saturated carbocycles. The molecule has 0 spiro atoms. The van der Waals surface area contributed by atoms with Crippen LogP contribution in [0.25, 0.3) is 11.0 Å². The number of benzene rings is 2. The van der Waals surface area contributed by atoms with Crippen molar-refractivity contribution in [3.8, 4) is 0 Å². The van der Waals surface area contributed by atoms with Crippen LogP contribution in [0.5, 0.6) is 0 Å². The molecule has 0 aliphatic heterocycles. The Kier molecular flexibility index (Phi) is 6.87. The number of rotatable bonds is 8. The first-order valence-corrected chi connectivity index (χ1v) is 11.9. The highest BCUT2D eigenvalue weighted by molar-refractivity contribution is 8.00. The Labute approximate surface area is 193 Å². The molecule has 164 valence electrons. The van der Waals surface area contributed by atoms with Crippen molar-refractivity contribution in [2.24, 2.45) is 0 Å². The summed E-state index contributed by atoms with van der Waals surface area (Å²) in [6.45, 7) is 3.77. The van der Waals surface area contributed by atoms with Crippen molar-refractivity contribution >= 4 is 51.6 Å². The molecular formula is C23H22N4O3S2. The number of hydrogen-bond donors (Lipinski definition) is 2. The van der Waals surface area contributed by atoms with Crippen molar-refractivity contribution in [1.29, 1.82) is 0 Å². The third kappa shape index (κ3) is 5.00. The lowest BCUT2D eigenvalue weighted by Crippen LogP contribution is -2.33. The van der Waals surface area contributed by atoms with Gasteiger partial charge in [0.2, 0.25) is 5.91 Å². The summed E-state index contributed by atoms with van der Waals surface area (Å²) in [7, 11) is 0. The van der Waals surface area contributed by atoms with Gasteiger partial charge in [-0.25, -0.2) is 0 Å². The Morgan fingerprint density at radius 1 is 1.09 bits per heavy atom. The Balaban J connectivity index is 1.47. The zero-order chi connectivity index (χ0) is 22.5. The van der Waals surface area contributed by atoms with Gasteiger partial charge < -0.3 is 15.1 Å². The van der Waals surface area contributed by atoms with Crippen LogP contribution in [0.15, 0.2) is 57.3 Å². The van der Waals surface area contributed by atoms with Crippen molar-refractivity contribution < 1.29 is 14.0 Å². The second kappa shape index (κ2) is 9.97. The third-order valence-electron chi connectivity index (χ3n) is 4.83. The van der Waals surface area contributed by atoms with E-state index >= 15 is 0 Å². The fourth-order valence-corrected chi connectivity index (χ4v) is 5.13. The van der Waals surface area contributed by atoms with Crippen molar-refractivity contribution in [2.75, 3.05) is 11.9 Å². The quantitative estimate of drug-likeness (QED) is 0.362. The molecule has 0 atom stereocenters. The zero-order valence-electron chi connectivity index (χ0n) is 17.7. The molecule has 0 saturated heterocycles. The summed E-state index contributed by atoms with van der Waals surface area (Å²) in [5, 5.41) is 15.5. The lowest BCUT2D eigenvalue weighted by atomic mass is 10.1. The van der Waals surface area contributed by atoms with Gasteiger partial charge in [-0.2, -0.15) is 0 Å². The van der Waals surface area contributed by atoms with Gasteiger partial charge in [-0.3, -0.25) is 9.59 Å². The standard InChI is InChI=1S/C23H22N4O3S2/c1-3-15-8-4-6-10-18(15)25-20(28)12-24-22(29)21-17(13-31-23-27-26-14(2)32-23)16-9-5-7-11-19(16)30-21/h4-11H,3,12-13H2,1-2H3,(H,24,29)(H,25,28). The number of para-hydroxylation sites is 2. The first kappa shape index (κ1) is 22.0. The van der Waals surface area contributed by atoms with Crippen LogP contribution in [0.4, 0.5) is 5.69 Å². The molecule has 0 aliphatic rings. The minimum Gasteiger partial charge on any atom is -0.451 e. The van der Waals surface area contributed by atoms with Gasteiger partial charge in [0.15, 0.2) is 10.1 Å². The fraction of sp³-hybridized carbons (Fsp3) is 0.217. The number of nitrogens with one attached hydrogen (secondary N) is 2. The minimum absolute atomic E-state index is 0.157. The Hall–Kier alpha value is -3.17. The molecule has 0 fully saturated rings. The van der Waals surface area contributed by atoms with Crippen molar-refractivity contribution in [3.05, 3.63) is 70.4 Å². The monoisotopic (exact) mass is 466 g/mol. The maximum atomic E-state index is 12.9. The van der Waals surface area contributed by atoms with E-state index in [1.165, 1.54) is 23.1 Å². The highest BCUT2D eigenvalue weighted by atomic mass is 32.2.